The van der Waals surface area contributed by atoms with Gasteiger partial charge in [0.25, 0.3) is 0 Å². The number of quaternary nitrogens is 1. The number of hydrogen-bond acceptors (Lipinski definition) is 0. The highest BCUT2D eigenvalue weighted by Crippen LogP contribution is 2.62. The standard InChI is InChI=1S/C20H40N2/c1-9-13-18-17(12-4)19(18)20(7)21(15(5)11-3)16(6)22(20,8)14-10-2/h15,17-19H,9-14H2,1-8H3/q+2. The molecule has 0 aromatic carbocycles. The molecule has 1 heterocycles. The van der Waals surface area contributed by atoms with Crippen molar-refractivity contribution in [1.29, 1.82) is 0 Å². The van der Waals surface area contributed by atoms with E-state index < -0.39 is 0 Å². The Kier molecular flexibility index (Phi) is 5.12. The molecule has 22 heavy (non-hydrogen) atoms. The van der Waals surface area contributed by atoms with Gasteiger partial charge in [-0.15, -0.1) is 4.58 Å². The van der Waals surface area contributed by atoms with Crippen LogP contribution in [0, 0.1) is 17.8 Å². The van der Waals surface area contributed by atoms with Crippen molar-refractivity contribution in [2.75, 3.05) is 13.6 Å². The second-order valence-corrected chi connectivity index (χ2v) is 8.23. The fourth-order valence-corrected chi connectivity index (χ4v) is 5.90. The van der Waals surface area contributed by atoms with Crippen LogP contribution >= 0.6 is 0 Å². The predicted octanol–water partition coefficient (Wildman–Crippen LogP) is 4.87. The number of nitrogens with zero attached hydrogens (tertiary/aromatic N) is 2. The van der Waals surface area contributed by atoms with E-state index in [1.807, 2.05) is 0 Å². The van der Waals surface area contributed by atoms with Crippen LogP contribution in [0.4, 0.5) is 0 Å². The maximum absolute atomic E-state index is 2.81. The molecule has 2 aliphatic rings. The Labute approximate surface area is 139 Å². The number of hydrogen-bond donors (Lipinski definition) is 0. The fraction of sp³-hybridized carbons (Fsp3) is 0.950. The number of rotatable bonds is 8. The van der Waals surface area contributed by atoms with Crippen LogP contribution in [0.3, 0.4) is 0 Å². The summed E-state index contributed by atoms with van der Waals surface area (Å²) in [5, 5.41) is 0. The molecular weight excluding hydrogens is 268 g/mol. The zero-order valence-corrected chi connectivity index (χ0v) is 16.4. The molecule has 1 aliphatic carbocycles. The normalized spacial score (nSPS) is 42.3. The summed E-state index contributed by atoms with van der Waals surface area (Å²) in [4.78, 5) is 0. The summed E-state index contributed by atoms with van der Waals surface area (Å²) >= 11 is 0. The predicted molar refractivity (Wildman–Crippen MR) is 96.1 cm³/mol. The molecule has 0 aromatic rings. The van der Waals surface area contributed by atoms with Crippen molar-refractivity contribution < 1.29 is 9.06 Å². The average molecular weight is 309 g/mol. The Hall–Kier alpha value is -0.370. The monoisotopic (exact) mass is 308 g/mol. The van der Waals surface area contributed by atoms with Gasteiger partial charge in [0.05, 0.1) is 33.4 Å². The molecule has 0 radical (unpaired) electrons. The molecule has 2 nitrogen and oxygen atoms in total. The Balaban J connectivity index is 2.40. The lowest BCUT2D eigenvalue weighted by atomic mass is 9.88. The molecule has 0 amide bonds. The molecule has 6 atom stereocenters. The summed E-state index contributed by atoms with van der Waals surface area (Å²) in [6.07, 6.45) is 6.67. The summed E-state index contributed by atoms with van der Waals surface area (Å²) in [5.74, 6) is 4.43. The zero-order valence-electron chi connectivity index (χ0n) is 16.4. The van der Waals surface area contributed by atoms with E-state index in [1.165, 1.54) is 43.1 Å². The van der Waals surface area contributed by atoms with Crippen molar-refractivity contribution in [1.82, 2.24) is 0 Å². The molecule has 0 aromatic heterocycles. The van der Waals surface area contributed by atoms with Crippen molar-refractivity contribution in [2.45, 2.75) is 92.3 Å². The van der Waals surface area contributed by atoms with E-state index in [2.05, 4.69) is 60.1 Å². The molecule has 1 aliphatic heterocycles. The van der Waals surface area contributed by atoms with Gasteiger partial charge in [0.15, 0.2) is 6.04 Å². The maximum atomic E-state index is 2.81. The zero-order chi connectivity index (χ0) is 16.7. The van der Waals surface area contributed by atoms with Gasteiger partial charge >= 0.3 is 11.5 Å². The van der Waals surface area contributed by atoms with E-state index in [0.29, 0.717) is 11.7 Å². The minimum absolute atomic E-state index is 0.329. The van der Waals surface area contributed by atoms with Crippen LogP contribution < -0.4 is 0 Å². The molecule has 1 fully saturated rings. The van der Waals surface area contributed by atoms with Crippen LogP contribution in [-0.4, -0.2) is 40.2 Å². The molecule has 0 spiro atoms. The summed E-state index contributed by atoms with van der Waals surface area (Å²) < 4.78 is 4.00. The Morgan fingerprint density at radius 3 is 2.23 bits per heavy atom. The average Bonchev–Trinajstić information content (AvgIpc) is 3.20. The molecule has 0 bridgehead atoms. The second-order valence-electron chi connectivity index (χ2n) is 8.23. The van der Waals surface area contributed by atoms with E-state index >= 15 is 0 Å². The van der Waals surface area contributed by atoms with Crippen molar-refractivity contribution in [3.05, 3.63) is 0 Å². The van der Waals surface area contributed by atoms with Crippen LogP contribution in [0.15, 0.2) is 0 Å². The van der Waals surface area contributed by atoms with E-state index in [-0.39, 0.29) is 0 Å². The van der Waals surface area contributed by atoms with Crippen molar-refractivity contribution >= 4 is 5.84 Å². The molecule has 1 saturated carbocycles. The molecule has 2 rings (SSSR count). The molecule has 0 saturated heterocycles. The first-order valence-electron chi connectivity index (χ1n) is 9.84. The quantitative estimate of drug-likeness (QED) is 0.444. The van der Waals surface area contributed by atoms with Gasteiger partial charge in [-0.05, 0) is 31.6 Å². The summed E-state index contributed by atoms with van der Waals surface area (Å²) in [7, 11) is 2.51. The Bertz CT molecular complexity index is 441. The smallest absolute Gasteiger partial charge is 0.184 e. The van der Waals surface area contributed by atoms with Gasteiger partial charge in [0, 0.05) is 6.42 Å². The van der Waals surface area contributed by atoms with Crippen LogP contribution in [0.25, 0.3) is 0 Å². The van der Waals surface area contributed by atoms with E-state index in [4.69, 9.17) is 0 Å². The van der Waals surface area contributed by atoms with E-state index in [9.17, 15) is 0 Å². The van der Waals surface area contributed by atoms with Crippen molar-refractivity contribution in [3.8, 4) is 0 Å². The summed E-state index contributed by atoms with van der Waals surface area (Å²) in [5.41, 5.74) is 0.329. The third-order valence-corrected chi connectivity index (χ3v) is 7.31. The molecule has 0 N–H and O–H groups in total. The van der Waals surface area contributed by atoms with E-state index in [1.54, 1.807) is 5.84 Å². The third-order valence-electron chi connectivity index (χ3n) is 7.31. The van der Waals surface area contributed by atoms with Gasteiger partial charge in [-0.1, -0.05) is 40.5 Å². The van der Waals surface area contributed by atoms with Crippen molar-refractivity contribution in [3.63, 3.8) is 0 Å². The van der Waals surface area contributed by atoms with Gasteiger partial charge in [0.2, 0.25) is 0 Å². The first kappa shape index (κ1) is 18.0. The van der Waals surface area contributed by atoms with E-state index in [0.717, 1.165) is 17.8 Å². The van der Waals surface area contributed by atoms with Crippen LogP contribution in [0.2, 0.25) is 0 Å². The summed E-state index contributed by atoms with van der Waals surface area (Å²) in [6.45, 7) is 18.1. The van der Waals surface area contributed by atoms with Crippen LogP contribution in [-0.2, 0) is 0 Å². The Morgan fingerprint density at radius 2 is 1.77 bits per heavy atom. The second kappa shape index (κ2) is 6.26. The SMILES string of the molecule is CCCC1C(CC)C1C1(C)[N+](C(C)CC)=C(C)[N+]1(C)CCC. The first-order valence-corrected chi connectivity index (χ1v) is 9.84. The molecule has 6 unspecified atom stereocenters. The topological polar surface area (TPSA) is 3.01 Å². The molecule has 128 valence electrons. The summed E-state index contributed by atoms with van der Waals surface area (Å²) in [6, 6.07) is 0.674. The van der Waals surface area contributed by atoms with Gasteiger partial charge in [-0.3, -0.25) is 0 Å². The highest BCUT2D eigenvalue weighted by molar-refractivity contribution is 5.70. The van der Waals surface area contributed by atoms with Gasteiger partial charge < -0.3 is 0 Å². The Morgan fingerprint density at radius 1 is 1.14 bits per heavy atom. The minimum Gasteiger partial charge on any atom is -0.184 e. The highest BCUT2D eigenvalue weighted by atomic mass is 15.6. The third kappa shape index (κ3) is 2.20. The lowest BCUT2D eigenvalue weighted by molar-refractivity contribution is -1.07. The largest absolute Gasteiger partial charge is 0.345 e. The fourth-order valence-electron chi connectivity index (χ4n) is 5.90. The van der Waals surface area contributed by atoms with Gasteiger partial charge in [-0.25, -0.2) is 0 Å². The number of amidine groups is 1. The minimum atomic E-state index is 0.329. The van der Waals surface area contributed by atoms with Gasteiger partial charge in [-0.2, -0.15) is 4.48 Å². The first-order chi connectivity index (χ1) is 10.3. The molecule has 2 heteroatoms. The van der Waals surface area contributed by atoms with Crippen LogP contribution in [0.1, 0.15) is 80.6 Å². The molecular formula is C20H40N2+2. The van der Waals surface area contributed by atoms with Crippen molar-refractivity contribution in [2.24, 2.45) is 17.8 Å². The lowest BCUT2D eigenvalue weighted by Gasteiger charge is -2.52. The van der Waals surface area contributed by atoms with Crippen LogP contribution in [0.5, 0.6) is 0 Å². The highest BCUT2D eigenvalue weighted by Gasteiger charge is 2.79. The van der Waals surface area contributed by atoms with Gasteiger partial charge in [0.1, 0.15) is 0 Å². The maximum Gasteiger partial charge on any atom is 0.345 e. The lowest BCUT2D eigenvalue weighted by Crippen LogP contribution is -2.81.